The van der Waals surface area contributed by atoms with Crippen LogP contribution in [0.1, 0.15) is 18.9 Å². The molecule has 4 aliphatic heterocycles. The van der Waals surface area contributed by atoms with Crippen molar-refractivity contribution in [2.24, 2.45) is 10.9 Å². The molecule has 4 saturated heterocycles. The number of hydrogen-bond donors (Lipinski definition) is 1. The molecule has 4 fully saturated rings. The normalized spacial score (nSPS) is 31.4. The molecule has 0 aromatic heterocycles. The molecule has 1 aromatic rings. The highest BCUT2D eigenvalue weighted by molar-refractivity contribution is 5.80. The number of benzene rings is 1. The maximum atomic E-state index is 5.04. The molecule has 4 aliphatic rings. The summed E-state index contributed by atoms with van der Waals surface area (Å²) in [6, 6.07) is 11.5. The first kappa shape index (κ1) is 17.8. The standard InChI is InChI=1S/C21H33N5/c1-2-22-21(23-15-20-17-24-10-12-25(20)13-11-24)26-9-8-19(16-26)14-18-6-4-3-5-7-18/h3-7,19-20H,2,8-17H2,1H3,(H,22,23). The lowest BCUT2D eigenvalue weighted by atomic mass is 9.99. The first-order valence-electron chi connectivity index (χ1n) is 10.4. The fourth-order valence-electron chi connectivity index (χ4n) is 4.65. The topological polar surface area (TPSA) is 34.1 Å². The maximum absolute atomic E-state index is 5.04. The van der Waals surface area contributed by atoms with Crippen molar-refractivity contribution in [3.05, 3.63) is 35.9 Å². The molecule has 1 aromatic carbocycles. The van der Waals surface area contributed by atoms with Gasteiger partial charge in [-0.3, -0.25) is 14.8 Å². The van der Waals surface area contributed by atoms with Gasteiger partial charge in [-0.25, -0.2) is 0 Å². The molecule has 26 heavy (non-hydrogen) atoms. The summed E-state index contributed by atoms with van der Waals surface area (Å²) < 4.78 is 0. The van der Waals surface area contributed by atoms with Crippen molar-refractivity contribution in [3.63, 3.8) is 0 Å². The van der Waals surface area contributed by atoms with E-state index < -0.39 is 0 Å². The average Bonchev–Trinajstić information content (AvgIpc) is 3.15. The molecule has 5 nitrogen and oxygen atoms in total. The Balaban J connectivity index is 1.34. The summed E-state index contributed by atoms with van der Waals surface area (Å²) in [5, 5.41) is 3.54. The number of nitrogens with zero attached hydrogens (tertiary/aromatic N) is 4. The molecule has 142 valence electrons. The monoisotopic (exact) mass is 355 g/mol. The van der Waals surface area contributed by atoms with Crippen LogP contribution in [0.25, 0.3) is 0 Å². The van der Waals surface area contributed by atoms with Gasteiger partial charge in [-0.05, 0) is 31.2 Å². The molecule has 0 aliphatic carbocycles. The Hall–Kier alpha value is -1.59. The second-order valence-electron chi connectivity index (χ2n) is 7.98. The average molecular weight is 356 g/mol. The summed E-state index contributed by atoms with van der Waals surface area (Å²) in [6.07, 6.45) is 2.45. The SMILES string of the molecule is CCNC(=NCC1CN2CCN1CC2)N1CCC(Cc2ccccc2)C1. The number of guanidine groups is 1. The Morgan fingerprint density at radius 2 is 1.88 bits per heavy atom. The van der Waals surface area contributed by atoms with Crippen LogP contribution in [0.15, 0.2) is 35.3 Å². The van der Waals surface area contributed by atoms with Crippen LogP contribution >= 0.6 is 0 Å². The highest BCUT2D eigenvalue weighted by atomic mass is 15.4. The molecule has 2 atom stereocenters. The molecule has 0 radical (unpaired) electrons. The summed E-state index contributed by atoms with van der Waals surface area (Å²) in [7, 11) is 0. The van der Waals surface area contributed by atoms with Crippen LogP contribution in [-0.4, -0.2) is 85.6 Å². The Bertz CT molecular complexity index is 594. The molecule has 5 rings (SSSR count). The quantitative estimate of drug-likeness (QED) is 0.641. The molecule has 4 heterocycles. The van der Waals surface area contributed by atoms with Crippen LogP contribution < -0.4 is 5.32 Å². The van der Waals surface area contributed by atoms with Crippen LogP contribution in [-0.2, 0) is 6.42 Å². The number of fused-ring (bicyclic) bond motifs is 3. The van der Waals surface area contributed by atoms with E-state index in [1.807, 2.05) is 0 Å². The van der Waals surface area contributed by atoms with E-state index >= 15 is 0 Å². The third-order valence-electron chi connectivity index (χ3n) is 6.13. The molecule has 0 amide bonds. The van der Waals surface area contributed by atoms with Crippen molar-refractivity contribution < 1.29 is 0 Å². The third-order valence-corrected chi connectivity index (χ3v) is 6.13. The number of likely N-dealkylation sites (tertiary alicyclic amines) is 1. The lowest BCUT2D eigenvalue weighted by Gasteiger charge is -2.47. The molecular formula is C21H33N5. The second-order valence-corrected chi connectivity index (χ2v) is 7.98. The van der Waals surface area contributed by atoms with Crippen LogP contribution in [0.5, 0.6) is 0 Å². The summed E-state index contributed by atoms with van der Waals surface area (Å²) in [5.41, 5.74) is 1.46. The van der Waals surface area contributed by atoms with Crippen LogP contribution in [0.4, 0.5) is 0 Å². The number of aliphatic imine (C=N–C) groups is 1. The minimum absolute atomic E-state index is 0.605. The van der Waals surface area contributed by atoms with Gasteiger partial charge < -0.3 is 10.2 Å². The summed E-state index contributed by atoms with van der Waals surface area (Å²) >= 11 is 0. The molecule has 0 spiro atoms. The Labute approximate surface area is 158 Å². The van der Waals surface area contributed by atoms with E-state index in [9.17, 15) is 0 Å². The fourth-order valence-corrected chi connectivity index (χ4v) is 4.65. The predicted molar refractivity (Wildman–Crippen MR) is 108 cm³/mol. The van der Waals surface area contributed by atoms with Crippen LogP contribution in [0.3, 0.4) is 0 Å². The van der Waals surface area contributed by atoms with E-state index in [2.05, 4.69) is 57.3 Å². The van der Waals surface area contributed by atoms with E-state index in [-0.39, 0.29) is 0 Å². The van der Waals surface area contributed by atoms with Gasteiger partial charge in [0.25, 0.3) is 0 Å². The minimum atomic E-state index is 0.605. The van der Waals surface area contributed by atoms with Gasteiger partial charge in [0, 0.05) is 58.4 Å². The highest BCUT2D eigenvalue weighted by Crippen LogP contribution is 2.21. The second kappa shape index (κ2) is 8.40. The number of hydrogen-bond acceptors (Lipinski definition) is 3. The number of piperazine rings is 3. The first-order chi connectivity index (χ1) is 12.8. The van der Waals surface area contributed by atoms with E-state index in [0.717, 1.165) is 38.1 Å². The highest BCUT2D eigenvalue weighted by Gasteiger charge is 2.32. The van der Waals surface area contributed by atoms with E-state index in [1.165, 1.54) is 51.1 Å². The number of nitrogens with one attached hydrogen (secondary N) is 1. The van der Waals surface area contributed by atoms with Gasteiger partial charge in [-0.1, -0.05) is 30.3 Å². The van der Waals surface area contributed by atoms with Crippen molar-refractivity contribution >= 4 is 5.96 Å². The maximum Gasteiger partial charge on any atom is 0.193 e. The summed E-state index contributed by atoms with van der Waals surface area (Å²) in [6.45, 7) is 12.4. The van der Waals surface area contributed by atoms with Gasteiger partial charge in [0.05, 0.1) is 6.54 Å². The predicted octanol–water partition coefficient (Wildman–Crippen LogP) is 1.52. The smallest absolute Gasteiger partial charge is 0.193 e. The van der Waals surface area contributed by atoms with Gasteiger partial charge in [0.1, 0.15) is 0 Å². The molecule has 1 N–H and O–H groups in total. The molecule has 2 unspecified atom stereocenters. The molecule has 0 saturated carbocycles. The van der Waals surface area contributed by atoms with Gasteiger partial charge in [0.15, 0.2) is 5.96 Å². The Morgan fingerprint density at radius 1 is 1.08 bits per heavy atom. The molecule has 5 heteroatoms. The van der Waals surface area contributed by atoms with Crippen LogP contribution in [0.2, 0.25) is 0 Å². The van der Waals surface area contributed by atoms with Gasteiger partial charge in [0.2, 0.25) is 0 Å². The summed E-state index contributed by atoms with van der Waals surface area (Å²) in [5.74, 6) is 1.86. The van der Waals surface area contributed by atoms with Crippen molar-refractivity contribution in [1.29, 1.82) is 0 Å². The molecule has 2 bridgehead atoms. The van der Waals surface area contributed by atoms with Crippen molar-refractivity contribution in [2.75, 3.05) is 58.9 Å². The van der Waals surface area contributed by atoms with Gasteiger partial charge in [-0.15, -0.1) is 0 Å². The summed E-state index contributed by atoms with van der Waals surface area (Å²) in [4.78, 5) is 12.8. The van der Waals surface area contributed by atoms with Crippen LogP contribution in [0, 0.1) is 5.92 Å². The lowest BCUT2D eigenvalue weighted by molar-refractivity contribution is 0.0173. The minimum Gasteiger partial charge on any atom is -0.357 e. The van der Waals surface area contributed by atoms with E-state index in [4.69, 9.17) is 4.99 Å². The third kappa shape index (κ3) is 4.21. The van der Waals surface area contributed by atoms with E-state index in [0.29, 0.717) is 6.04 Å². The zero-order valence-corrected chi connectivity index (χ0v) is 16.1. The van der Waals surface area contributed by atoms with Crippen molar-refractivity contribution in [1.82, 2.24) is 20.0 Å². The van der Waals surface area contributed by atoms with E-state index in [1.54, 1.807) is 0 Å². The molecular weight excluding hydrogens is 322 g/mol. The first-order valence-corrected chi connectivity index (χ1v) is 10.4. The fraction of sp³-hybridized carbons (Fsp3) is 0.667. The van der Waals surface area contributed by atoms with Gasteiger partial charge >= 0.3 is 0 Å². The van der Waals surface area contributed by atoms with Crippen molar-refractivity contribution in [3.8, 4) is 0 Å². The zero-order chi connectivity index (χ0) is 17.8. The lowest BCUT2D eigenvalue weighted by Crippen LogP contribution is -2.62. The Kier molecular flexibility index (Phi) is 5.75. The Morgan fingerprint density at radius 3 is 2.58 bits per heavy atom. The number of rotatable bonds is 5. The van der Waals surface area contributed by atoms with Crippen molar-refractivity contribution in [2.45, 2.75) is 25.8 Å². The largest absolute Gasteiger partial charge is 0.357 e. The van der Waals surface area contributed by atoms with Gasteiger partial charge in [-0.2, -0.15) is 0 Å². The zero-order valence-electron chi connectivity index (χ0n) is 16.1.